The molecule has 0 saturated carbocycles. The van der Waals surface area contributed by atoms with Gasteiger partial charge in [-0.05, 0) is 0 Å². The summed E-state index contributed by atoms with van der Waals surface area (Å²) >= 11 is 4.05. The van der Waals surface area contributed by atoms with Gasteiger partial charge in [-0.2, -0.15) is 0 Å². The number of nitrogens with one attached hydrogen (secondary N) is 2. The van der Waals surface area contributed by atoms with Crippen LogP contribution in [0.1, 0.15) is 41.5 Å². The average molecular weight is 285 g/mol. The van der Waals surface area contributed by atoms with E-state index in [0.29, 0.717) is 11.3 Å². The van der Waals surface area contributed by atoms with Gasteiger partial charge in [0.2, 0.25) is 0 Å². The average Bonchev–Trinajstić information content (AvgIpc) is 2.04. The van der Waals surface area contributed by atoms with Gasteiger partial charge in [0.25, 0.3) is 0 Å². The van der Waals surface area contributed by atoms with Crippen molar-refractivity contribution in [1.29, 1.82) is 0 Å². The monoisotopic (exact) mass is 284 g/mol. The molecule has 88 valence electrons. The third kappa shape index (κ3) is 2.49. The summed E-state index contributed by atoms with van der Waals surface area (Å²) in [5.41, 5.74) is -0.920. The number of rotatable bonds is 6. The Hall–Kier alpha value is 0.830. The van der Waals surface area contributed by atoms with Crippen LogP contribution in [0.4, 0.5) is 0 Å². The molecule has 0 aliphatic rings. The Balaban J connectivity index is 5.12. The molecule has 2 N–H and O–H groups in total. The van der Waals surface area contributed by atoms with E-state index in [0.717, 1.165) is 13.1 Å². The number of hydrogen-bond acceptors (Lipinski definition) is 2. The van der Waals surface area contributed by atoms with Gasteiger partial charge in [0.1, 0.15) is 0 Å². The van der Waals surface area contributed by atoms with Crippen LogP contribution in [0.25, 0.3) is 0 Å². The van der Waals surface area contributed by atoms with E-state index in [1.807, 2.05) is 0 Å². The molecule has 0 saturated heterocycles. The zero-order chi connectivity index (χ0) is 11.4. The van der Waals surface area contributed by atoms with Crippen LogP contribution in [0.5, 0.6) is 0 Å². The van der Waals surface area contributed by atoms with Crippen molar-refractivity contribution in [1.82, 2.24) is 10.2 Å². The van der Waals surface area contributed by atoms with Gasteiger partial charge in [0, 0.05) is 0 Å². The first-order valence-electron chi connectivity index (χ1n) is 5.56. The molecule has 14 heavy (non-hydrogen) atoms. The van der Waals surface area contributed by atoms with Crippen LogP contribution in [0.15, 0.2) is 0 Å². The second-order valence-electron chi connectivity index (χ2n) is 4.35. The van der Waals surface area contributed by atoms with Gasteiger partial charge >= 0.3 is 97.2 Å². The summed E-state index contributed by atoms with van der Waals surface area (Å²) in [4.78, 5) is 0. The quantitative estimate of drug-likeness (QED) is 0.727. The number of hydrogen-bond donors (Lipinski definition) is 2. The predicted octanol–water partition coefficient (Wildman–Crippen LogP) is 3.72. The Kier molecular flexibility index (Phi) is 5.56. The third-order valence-corrected chi connectivity index (χ3v) is 15.4. The van der Waals surface area contributed by atoms with E-state index >= 15 is 0 Å². The molecule has 4 heteroatoms. The van der Waals surface area contributed by atoms with Crippen LogP contribution in [-0.2, 0) is 0 Å². The maximum absolute atomic E-state index is 4.05. The first-order chi connectivity index (χ1) is 6.32. The van der Waals surface area contributed by atoms with E-state index in [9.17, 15) is 0 Å². The Labute approximate surface area is 97.4 Å². The van der Waals surface area contributed by atoms with Gasteiger partial charge in [-0.25, -0.2) is 0 Å². The van der Waals surface area contributed by atoms with Gasteiger partial charge in [-0.1, -0.05) is 0 Å². The molecule has 0 amide bonds. The standard InChI is InChI=1S/C10H26BrN2P/c1-7-12-14(11,9(3)4,10(5)6)13-8-2/h9-10,12-13H,7-8H2,1-6H3. The first-order valence-corrected chi connectivity index (χ1v) is 9.96. The van der Waals surface area contributed by atoms with E-state index < -0.39 is 5.61 Å². The van der Waals surface area contributed by atoms with Crippen molar-refractivity contribution in [3.05, 3.63) is 0 Å². The molecular weight excluding hydrogens is 259 g/mol. The fraction of sp³-hybridized carbons (Fsp3) is 1.00. The zero-order valence-electron chi connectivity index (χ0n) is 10.4. The van der Waals surface area contributed by atoms with Crippen molar-refractivity contribution in [3.63, 3.8) is 0 Å². The second-order valence-corrected chi connectivity index (χ2v) is 13.9. The first kappa shape index (κ1) is 14.8. The summed E-state index contributed by atoms with van der Waals surface area (Å²) < 4.78 is 0. The maximum atomic E-state index is 4.05. The summed E-state index contributed by atoms with van der Waals surface area (Å²) in [6.45, 7) is 15.5. The summed E-state index contributed by atoms with van der Waals surface area (Å²) in [5, 5.41) is 7.42. The van der Waals surface area contributed by atoms with E-state index in [2.05, 4.69) is 67.2 Å². The summed E-state index contributed by atoms with van der Waals surface area (Å²) in [6.07, 6.45) is 0. The molecular formula is C10H26BrN2P. The normalized spacial score (nSPS) is 15.9. The van der Waals surface area contributed by atoms with Crippen LogP contribution in [-0.4, -0.2) is 24.4 Å². The fourth-order valence-corrected chi connectivity index (χ4v) is 7.58. The molecule has 0 heterocycles. The van der Waals surface area contributed by atoms with Crippen molar-refractivity contribution >= 4 is 21.1 Å². The molecule has 0 aliphatic carbocycles. The topological polar surface area (TPSA) is 24.1 Å². The van der Waals surface area contributed by atoms with Crippen LogP contribution in [0, 0.1) is 0 Å². The van der Waals surface area contributed by atoms with Crippen LogP contribution < -0.4 is 10.2 Å². The van der Waals surface area contributed by atoms with Crippen LogP contribution in [0.2, 0.25) is 0 Å². The molecule has 0 unspecified atom stereocenters. The van der Waals surface area contributed by atoms with E-state index in [1.54, 1.807) is 0 Å². The van der Waals surface area contributed by atoms with E-state index in [1.165, 1.54) is 0 Å². The summed E-state index contributed by atoms with van der Waals surface area (Å²) in [5.74, 6) is 0. The minimum absolute atomic E-state index is 0.598. The van der Waals surface area contributed by atoms with Crippen molar-refractivity contribution in [3.8, 4) is 0 Å². The third-order valence-electron chi connectivity index (χ3n) is 2.98. The summed E-state index contributed by atoms with van der Waals surface area (Å²) in [7, 11) is 0. The molecule has 0 radical (unpaired) electrons. The second kappa shape index (κ2) is 5.25. The predicted molar refractivity (Wildman–Crippen MR) is 73.5 cm³/mol. The Morgan fingerprint density at radius 2 is 1.21 bits per heavy atom. The molecule has 2 nitrogen and oxygen atoms in total. The van der Waals surface area contributed by atoms with Crippen molar-refractivity contribution in [2.24, 2.45) is 0 Å². The molecule has 0 bridgehead atoms. The van der Waals surface area contributed by atoms with Crippen molar-refractivity contribution in [2.45, 2.75) is 52.9 Å². The molecule has 0 aromatic rings. The molecule has 0 fully saturated rings. The molecule has 0 aromatic heterocycles. The number of halogens is 1. The molecule has 0 aliphatic heterocycles. The van der Waals surface area contributed by atoms with Gasteiger partial charge in [-0.15, -0.1) is 0 Å². The van der Waals surface area contributed by atoms with Crippen molar-refractivity contribution in [2.75, 3.05) is 13.1 Å². The van der Waals surface area contributed by atoms with E-state index in [-0.39, 0.29) is 0 Å². The van der Waals surface area contributed by atoms with Gasteiger partial charge in [0.05, 0.1) is 0 Å². The SMILES string of the molecule is CCNP(Br)(NCC)(C(C)C)C(C)C. The summed E-state index contributed by atoms with van der Waals surface area (Å²) in [6, 6.07) is 0. The molecule has 0 spiro atoms. The molecule has 0 atom stereocenters. The zero-order valence-corrected chi connectivity index (χ0v) is 12.9. The fourth-order valence-electron chi connectivity index (χ4n) is 2.03. The van der Waals surface area contributed by atoms with Crippen LogP contribution >= 0.6 is 21.1 Å². The van der Waals surface area contributed by atoms with Crippen LogP contribution in [0.3, 0.4) is 0 Å². The van der Waals surface area contributed by atoms with Gasteiger partial charge < -0.3 is 0 Å². The molecule has 0 rings (SSSR count). The minimum atomic E-state index is -2.12. The Bertz CT molecular complexity index is 165. The van der Waals surface area contributed by atoms with Gasteiger partial charge in [-0.3, -0.25) is 0 Å². The van der Waals surface area contributed by atoms with Gasteiger partial charge in [0.15, 0.2) is 0 Å². The Morgan fingerprint density at radius 1 is 0.929 bits per heavy atom. The van der Waals surface area contributed by atoms with E-state index in [4.69, 9.17) is 0 Å². The van der Waals surface area contributed by atoms with Crippen molar-refractivity contribution < 1.29 is 0 Å². The Morgan fingerprint density at radius 3 is 1.36 bits per heavy atom. The molecule has 0 aromatic carbocycles.